The second kappa shape index (κ2) is 6.12. The Balaban J connectivity index is 2.84. The van der Waals surface area contributed by atoms with Gasteiger partial charge in [0.15, 0.2) is 0 Å². The number of rotatable bonds is 4. The molecule has 0 saturated carbocycles. The highest BCUT2D eigenvalue weighted by Gasteiger charge is 2.17. The molecule has 0 saturated heterocycles. The Bertz CT molecular complexity index is 411. The summed E-state index contributed by atoms with van der Waals surface area (Å²) in [5.74, 6) is -0.454. The number of benzene rings is 1. The lowest BCUT2D eigenvalue weighted by molar-refractivity contribution is -0.119. The van der Waals surface area contributed by atoms with Crippen molar-refractivity contribution >= 4 is 27.5 Å². The summed E-state index contributed by atoms with van der Waals surface area (Å²) in [6.07, 6.45) is 0.318. The molecular formula is C12H16BrFN2O. The molecule has 1 aromatic rings. The van der Waals surface area contributed by atoms with Gasteiger partial charge in [-0.25, -0.2) is 4.39 Å². The van der Waals surface area contributed by atoms with Gasteiger partial charge in [0.1, 0.15) is 5.82 Å². The van der Waals surface area contributed by atoms with Crippen molar-refractivity contribution in [3.8, 4) is 0 Å². The first kappa shape index (κ1) is 14.1. The molecule has 0 aliphatic heterocycles. The number of carbonyl (C=O) groups excluding carboxylic acids is 1. The van der Waals surface area contributed by atoms with Crippen LogP contribution in [0.15, 0.2) is 22.7 Å². The van der Waals surface area contributed by atoms with Crippen LogP contribution in [0.4, 0.5) is 10.1 Å². The van der Waals surface area contributed by atoms with Crippen LogP contribution in [-0.4, -0.2) is 19.5 Å². The number of hydrogen-bond donors (Lipinski definition) is 1. The van der Waals surface area contributed by atoms with E-state index >= 15 is 0 Å². The van der Waals surface area contributed by atoms with E-state index in [0.29, 0.717) is 13.0 Å². The summed E-state index contributed by atoms with van der Waals surface area (Å²) in [6, 6.07) is 4.51. The fourth-order valence-corrected chi connectivity index (χ4v) is 1.74. The van der Waals surface area contributed by atoms with Crippen LogP contribution in [0.3, 0.4) is 0 Å². The molecule has 0 spiro atoms. The second-order valence-electron chi connectivity index (χ2n) is 4.09. The Morgan fingerprint density at radius 3 is 2.82 bits per heavy atom. The average Bonchev–Trinajstić information content (AvgIpc) is 2.31. The third kappa shape index (κ3) is 3.78. The predicted molar refractivity (Wildman–Crippen MR) is 70.3 cm³/mol. The van der Waals surface area contributed by atoms with Gasteiger partial charge in [0.05, 0.1) is 5.69 Å². The molecule has 0 bridgehead atoms. The first-order valence-electron chi connectivity index (χ1n) is 5.37. The van der Waals surface area contributed by atoms with Crippen molar-refractivity contribution in [2.75, 3.05) is 18.5 Å². The summed E-state index contributed by atoms with van der Waals surface area (Å²) < 4.78 is 14.3. The van der Waals surface area contributed by atoms with E-state index in [4.69, 9.17) is 5.73 Å². The van der Waals surface area contributed by atoms with Gasteiger partial charge in [0.2, 0.25) is 5.91 Å². The standard InChI is InChI=1S/C12H16BrFN2O/c1-8(7-15)5-12(17)16(2)11-6-9(13)3-4-10(11)14/h3-4,6,8H,5,7,15H2,1-2H3. The first-order valence-corrected chi connectivity index (χ1v) is 6.16. The fraction of sp³-hybridized carbons (Fsp3) is 0.417. The van der Waals surface area contributed by atoms with Crippen molar-refractivity contribution in [1.29, 1.82) is 0 Å². The van der Waals surface area contributed by atoms with Crippen molar-refractivity contribution in [2.24, 2.45) is 11.7 Å². The number of nitrogens with zero attached hydrogens (tertiary/aromatic N) is 1. The van der Waals surface area contributed by atoms with Gasteiger partial charge in [-0.15, -0.1) is 0 Å². The van der Waals surface area contributed by atoms with Gasteiger partial charge in [-0.1, -0.05) is 22.9 Å². The lowest BCUT2D eigenvalue weighted by atomic mass is 10.1. The summed E-state index contributed by atoms with van der Waals surface area (Å²) in [7, 11) is 1.57. The third-order valence-corrected chi connectivity index (χ3v) is 3.06. The molecule has 1 unspecified atom stereocenters. The van der Waals surface area contributed by atoms with Gasteiger partial charge in [0, 0.05) is 17.9 Å². The molecule has 3 nitrogen and oxygen atoms in total. The van der Waals surface area contributed by atoms with Gasteiger partial charge in [0.25, 0.3) is 0 Å². The summed E-state index contributed by atoms with van der Waals surface area (Å²) in [4.78, 5) is 13.2. The van der Waals surface area contributed by atoms with Crippen LogP contribution < -0.4 is 10.6 Å². The average molecular weight is 303 g/mol. The minimum absolute atomic E-state index is 0.0974. The van der Waals surface area contributed by atoms with Crippen molar-refractivity contribution in [2.45, 2.75) is 13.3 Å². The molecule has 94 valence electrons. The molecule has 5 heteroatoms. The van der Waals surface area contributed by atoms with Crippen LogP contribution in [0.2, 0.25) is 0 Å². The van der Waals surface area contributed by atoms with E-state index in [1.165, 1.54) is 11.0 Å². The highest BCUT2D eigenvalue weighted by molar-refractivity contribution is 9.10. The van der Waals surface area contributed by atoms with Crippen LogP contribution in [0, 0.1) is 11.7 Å². The van der Waals surface area contributed by atoms with Crippen molar-refractivity contribution in [3.63, 3.8) is 0 Å². The molecule has 0 aliphatic rings. The minimum Gasteiger partial charge on any atom is -0.330 e. The Hall–Kier alpha value is -0.940. The van der Waals surface area contributed by atoms with Crippen molar-refractivity contribution in [3.05, 3.63) is 28.5 Å². The molecule has 1 rings (SSSR count). The SMILES string of the molecule is CC(CN)CC(=O)N(C)c1cc(Br)ccc1F. The van der Waals surface area contributed by atoms with Crippen LogP contribution >= 0.6 is 15.9 Å². The quantitative estimate of drug-likeness (QED) is 0.929. The molecule has 2 N–H and O–H groups in total. The molecule has 0 aromatic heterocycles. The smallest absolute Gasteiger partial charge is 0.227 e. The molecule has 0 fully saturated rings. The van der Waals surface area contributed by atoms with E-state index in [1.807, 2.05) is 6.92 Å². The lowest BCUT2D eigenvalue weighted by Gasteiger charge is -2.20. The van der Waals surface area contributed by atoms with Crippen LogP contribution in [0.1, 0.15) is 13.3 Å². The lowest BCUT2D eigenvalue weighted by Crippen LogP contribution is -2.30. The molecule has 0 radical (unpaired) electrons. The number of anilines is 1. The van der Waals surface area contributed by atoms with Gasteiger partial charge in [-0.3, -0.25) is 4.79 Å². The molecule has 17 heavy (non-hydrogen) atoms. The molecule has 0 heterocycles. The summed E-state index contributed by atoms with van der Waals surface area (Å²) in [5.41, 5.74) is 5.73. The highest BCUT2D eigenvalue weighted by atomic mass is 79.9. The molecule has 1 aromatic carbocycles. The van der Waals surface area contributed by atoms with E-state index in [1.54, 1.807) is 19.2 Å². The number of nitrogens with two attached hydrogens (primary N) is 1. The molecule has 1 atom stereocenters. The maximum absolute atomic E-state index is 13.6. The maximum atomic E-state index is 13.6. The Morgan fingerprint density at radius 1 is 1.59 bits per heavy atom. The van der Waals surface area contributed by atoms with Crippen molar-refractivity contribution in [1.82, 2.24) is 0 Å². The Kier molecular flexibility index (Phi) is 5.08. The van der Waals surface area contributed by atoms with E-state index in [0.717, 1.165) is 4.47 Å². The van der Waals surface area contributed by atoms with Crippen LogP contribution in [-0.2, 0) is 4.79 Å². The number of amides is 1. The van der Waals surface area contributed by atoms with Gasteiger partial charge >= 0.3 is 0 Å². The third-order valence-electron chi connectivity index (χ3n) is 2.57. The Labute approximate surface area is 109 Å². The van der Waals surface area contributed by atoms with Gasteiger partial charge < -0.3 is 10.6 Å². The van der Waals surface area contributed by atoms with Crippen LogP contribution in [0.25, 0.3) is 0 Å². The normalized spacial score (nSPS) is 12.3. The van der Waals surface area contributed by atoms with E-state index in [9.17, 15) is 9.18 Å². The van der Waals surface area contributed by atoms with Crippen molar-refractivity contribution < 1.29 is 9.18 Å². The minimum atomic E-state index is -0.413. The number of carbonyl (C=O) groups is 1. The molecular weight excluding hydrogens is 287 g/mol. The van der Waals surface area contributed by atoms with E-state index < -0.39 is 5.82 Å². The highest BCUT2D eigenvalue weighted by Crippen LogP contribution is 2.23. The zero-order valence-corrected chi connectivity index (χ0v) is 11.5. The Morgan fingerprint density at radius 2 is 2.24 bits per heavy atom. The van der Waals surface area contributed by atoms with E-state index in [2.05, 4.69) is 15.9 Å². The maximum Gasteiger partial charge on any atom is 0.227 e. The van der Waals surface area contributed by atoms with Gasteiger partial charge in [-0.2, -0.15) is 0 Å². The zero-order valence-electron chi connectivity index (χ0n) is 9.91. The largest absolute Gasteiger partial charge is 0.330 e. The number of halogens is 2. The monoisotopic (exact) mass is 302 g/mol. The molecule has 1 amide bonds. The van der Waals surface area contributed by atoms with E-state index in [-0.39, 0.29) is 17.5 Å². The topological polar surface area (TPSA) is 46.3 Å². The first-order chi connectivity index (χ1) is 7.95. The summed E-state index contributed by atoms with van der Waals surface area (Å²) >= 11 is 3.25. The summed E-state index contributed by atoms with van der Waals surface area (Å²) in [5, 5.41) is 0. The summed E-state index contributed by atoms with van der Waals surface area (Å²) in [6.45, 7) is 2.34. The molecule has 0 aliphatic carbocycles. The zero-order chi connectivity index (χ0) is 13.0. The predicted octanol–water partition coefficient (Wildman–Crippen LogP) is 2.54. The van der Waals surface area contributed by atoms with Crippen LogP contribution in [0.5, 0.6) is 0 Å². The second-order valence-corrected chi connectivity index (χ2v) is 5.01. The fourth-order valence-electron chi connectivity index (χ4n) is 1.40. The van der Waals surface area contributed by atoms with Gasteiger partial charge in [-0.05, 0) is 30.7 Å². The number of hydrogen-bond acceptors (Lipinski definition) is 2.